The number of rotatable bonds is 11. The molecule has 9 heterocycles. The number of para-hydroxylation sites is 12. The molecule has 0 radical (unpaired) electrons. The maximum Gasteiger partial charge on any atom is 0.159 e. The van der Waals surface area contributed by atoms with Gasteiger partial charge in [0.25, 0.3) is 0 Å². The molecule has 9 aromatic heterocycles. The summed E-state index contributed by atoms with van der Waals surface area (Å²) in [6, 6.07) is 192. The van der Waals surface area contributed by atoms with E-state index in [1.165, 1.54) is 235 Å². The summed E-state index contributed by atoms with van der Waals surface area (Å²) in [6.45, 7) is 0. The van der Waals surface area contributed by atoms with Crippen molar-refractivity contribution < 1.29 is 4.42 Å². The molecule has 0 spiro atoms. The smallest absolute Gasteiger partial charge is 0.159 e. The molecule has 0 fully saturated rings. The molecule has 0 unspecified atom stereocenters. The van der Waals surface area contributed by atoms with E-state index in [1.807, 2.05) is 23.5 Å². The van der Waals surface area contributed by atoms with Crippen molar-refractivity contribution in [3.63, 3.8) is 0 Å². The second-order valence-electron chi connectivity index (χ2n) is 38.5. The van der Waals surface area contributed by atoms with Crippen LogP contribution in [0.15, 0.2) is 532 Å². The Morgan fingerprint density at radius 2 is 0.374 bits per heavy atom. The van der Waals surface area contributed by atoms with Crippen LogP contribution in [0.2, 0.25) is 0 Å². The monoisotopic (exact) mass is 1890 g/mol. The van der Waals surface area contributed by atoms with Gasteiger partial charge in [-0.25, -0.2) is 0 Å². The van der Waals surface area contributed by atoms with Crippen LogP contribution < -0.4 is 0 Å². The van der Waals surface area contributed by atoms with Gasteiger partial charge in [-0.05, 0) is 263 Å². The predicted octanol–water partition coefficient (Wildman–Crippen LogP) is 37.7. The van der Waals surface area contributed by atoms with Gasteiger partial charge in [-0.15, -0.1) is 11.3 Å². The van der Waals surface area contributed by atoms with E-state index >= 15 is 0 Å². The summed E-state index contributed by atoms with van der Waals surface area (Å²) in [5.74, 6) is 0. The number of fused-ring (bicyclic) bond motifs is 27. The summed E-state index contributed by atoms with van der Waals surface area (Å²) in [7, 11) is 0. The Kier molecular flexibility index (Phi) is 19.1. The van der Waals surface area contributed by atoms with Crippen molar-refractivity contribution in [1.29, 1.82) is 0 Å². The van der Waals surface area contributed by atoms with Crippen LogP contribution in [0.1, 0.15) is 0 Å². The summed E-state index contributed by atoms with van der Waals surface area (Å²) in [5, 5.41) is 22.4. The summed E-state index contributed by atoms with van der Waals surface area (Å²) in [5.41, 5.74) is 36.5. The Morgan fingerprint density at radius 3 is 0.769 bits per heavy atom. The molecule has 23 aromatic carbocycles. The lowest BCUT2D eigenvalue weighted by Gasteiger charge is -2.11. The normalized spacial score (nSPS) is 11.9. The van der Waals surface area contributed by atoms with Crippen molar-refractivity contribution in [3.8, 4) is 84.3 Å². The topological polar surface area (TPSA) is 47.6 Å². The Hall–Kier alpha value is -19.3. The van der Waals surface area contributed by atoms with Crippen molar-refractivity contribution >= 4 is 206 Å². The van der Waals surface area contributed by atoms with E-state index in [4.69, 9.17) is 4.42 Å². The first-order valence-electron chi connectivity index (χ1n) is 50.3. The van der Waals surface area contributed by atoms with E-state index in [9.17, 15) is 0 Å². The zero-order valence-electron chi connectivity index (χ0n) is 79.7. The van der Waals surface area contributed by atoms with Crippen LogP contribution in [0.25, 0.3) is 279 Å². The van der Waals surface area contributed by atoms with Gasteiger partial charge in [0, 0.05) is 140 Å². The van der Waals surface area contributed by atoms with E-state index in [0.29, 0.717) is 0 Å². The van der Waals surface area contributed by atoms with Gasteiger partial charge in [0.15, 0.2) is 5.58 Å². The van der Waals surface area contributed by atoms with Crippen LogP contribution in [-0.2, 0) is 0 Å². The lowest BCUT2D eigenvalue weighted by Crippen LogP contribution is -1.95. The summed E-state index contributed by atoms with van der Waals surface area (Å²) in [6.07, 6.45) is 0. The molecule has 0 atom stereocenters. The summed E-state index contributed by atoms with van der Waals surface area (Å²) in [4.78, 5) is 0. The fourth-order valence-corrected chi connectivity index (χ4v) is 25.0. The Morgan fingerprint density at radius 1 is 0.129 bits per heavy atom. The van der Waals surface area contributed by atoms with Crippen LogP contribution in [0, 0.1) is 0 Å². The van der Waals surface area contributed by atoms with Crippen molar-refractivity contribution in [1.82, 2.24) is 32.0 Å². The highest BCUT2D eigenvalue weighted by Crippen LogP contribution is 2.48. The second-order valence-corrected chi connectivity index (χ2v) is 39.6. The van der Waals surface area contributed by atoms with Crippen LogP contribution in [0.5, 0.6) is 0 Å². The van der Waals surface area contributed by atoms with Crippen molar-refractivity contribution in [3.05, 3.63) is 528 Å². The highest BCUT2D eigenvalue weighted by molar-refractivity contribution is 7.25. The SMILES string of the molecule is c1ccc(-c2cccc(-n3c4ccccc4c4cc(-c5ccc6c(c5)c5ccccc5n6-c5ccc6sc7ccccc7c6c5)ccc43)c2)cc1.c1ccc(-n2c3ccccc3c3cc(-c4ccc5c(c4)c4ccccc4n5-c4ccc5c(c4)c4ccccc4n5-c4ccccc4)ccc32)cc1.c1ccc(-n2c3ccccc3c3cc(-c4ccc5c(c4)c4ccccc4n5-c4cccc5c4oc4ccccc45)ccc32)cc1. The third-order valence-corrected chi connectivity index (χ3v) is 31.6. The molecule has 147 heavy (non-hydrogen) atoms. The minimum atomic E-state index is 0.908. The minimum Gasteiger partial charge on any atom is -0.454 e. The standard InChI is InChI=1S/C48H31N3.C48H30N2S.C42H26N2O/c1-3-13-34(14-4-1)49-43-20-10-7-17-37(43)40-29-32(23-26-46(40)49)33-24-27-47-41(30-33)38-18-8-12-22-45(38)51(47)36-25-28-48-42(31-36)39-19-9-11-21-44(39)50(48)35-15-5-2-6-16-35;1-2-11-31(12-3-1)32-13-10-14-35(27-32)49-43-18-7-4-15-37(43)40-28-33(21-24-45(40)49)34-22-25-46-41(29-34)38-16-5-8-19-44(38)50(46)36-23-26-48-42(30-36)39-17-6-9-20-47(39)51-48;1-2-11-29(12-3-1)43-36-17-7-4-13-30(36)34-25-27(21-23-38(34)43)28-22-24-39-35(26-28)31-14-5-8-18-37(31)44(39)40-19-10-16-33-32-15-6-9-20-41(32)45-42(33)40/h1-31H;1-30H;1-26H. The number of hydrogen-bond donors (Lipinski definition) is 0. The summed E-state index contributed by atoms with van der Waals surface area (Å²) >= 11 is 1.86. The zero-order chi connectivity index (χ0) is 96.4. The molecule has 8 nitrogen and oxygen atoms in total. The molecule has 0 bridgehead atoms. The molecule has 0 N–H and O–H groups in total. The highest BCUT2D eigenvalue weighted by Gasteiger charge is 2.26. The van der Waals surface area contributed by atoms with E-state index in [-0.39, 0.29) is 0 Å². The van der Waals surface area contributed by atoms with Gasteiger partial charge in [0.1, 0.15) is 5.58 Å². The molecule has 0 amide bonds. The van der Waals surface area contributed by atoms with Crippen LogP contribution in [0.4, 0.5) is 0 Å². The van der Waals surface area contributed by atoms with Gasteiger partial charge in [-0.3, -0.25) is 0 Å². The molecule has 9 heteroatoms. The van der Waals surface area contributed by atoms with Gasteiger partial charge in [-0.2, -0.15) is 0 Å². The molecule has 32 aromatic rings. The quantitative estimate of drug-likeness (QED) is 0.127. The fraction of sp³-hybridized carbons (Fsp3) is 0. The molecule has 0 saturated carbocycles. The lowest BCUT2D eigenvalue weighted by atomic mass is 10.0. The van der Waals surface area contributed by atoms with E-state index in [1.54, 1.807) is 0 Å². The number of aromatic nitrogens is 7. The number of benzene rings is 23. The van der Waals surface area contributed by atoms with Gasteiger partial charge in [-0.1, -0.05) is 309 Å². The first kappa shape index (κ1) is 83.5. The average Bonchev–Trinajstić information content (AvgIpc) is 1.58. The maximum absolute atomic E-state index is 6.49. The first-order valence-corrected chi connectivity index (χ1v) is 51.1. The third-order valence-electron chi connectivity index (χ3n) is 30.4. The number of furan rings is 1. The fourth-order valence-electron chi connectivity index (χ4n) is 23.9. The Bertz CT molecular complexity index is 11000. The second kappa shape index (κ2) is 33.7. The molecule has 0 aliphatic carbocycles. The molecule has 686 valence electrons. The van der Waals surface area contributed by atoms with E-state index in [2.05, 4.69) is 548 Å². The van der Waals surface area contributed by atoms with E-state index < -0.39 is 0 Å². The molecule has 32 rings (SSSR count). The van der Waals surface area contributed by atoms with Gasteiger partial charge in [0.05, 0.1) is 82.9 Å². The molecule has 0 saturated heterocycles. The van der Waals surface area contributed by atoms with Gasteiger partial charge < -0.3 is 36.4 Å². The van der Waals surface area contributed by atoms with Crippen LogP contribution in [0.3, 0.4) is 0 Å². The van der Waals surface area contributed by atoms with Gasteiger partial charge in [0.2, 0.25) is 0 Å². The minimum absolute atomic E-state index is 0.908. The summed E-state index contributed by atoms with van der Waals surface area (Å²) < 4.78 is 25.9. The van der Waals surface area contributed by atoms with E-state index in [0.717, 1.165) is 44.5 Å². The predicted molar refractivity (Wildman–Crippen MR) is 622 cm³/mol. The molecule has 0 aliphatic heterocycles. The van der Waals surface area contributed by atoms with Crippen molar-refractivity contribution in [2.75, 3.05) is 0 Å². The number of nitrogens with zero attached hydrogens (tertiary/aromatic N) is 7. The van der Waals surface area contributed by atoms with Crippen molar-refractivity contribution in [2.24, 2.45) is 0 Å². The Balaban J connectivity index is 0.000000102. The average molecular weight is 1890 g/mol. The molecular formula is C138H87N7OS. The number of hydrogen-bond acceptors (Lipinski definition) is 2. The van der Waals surface area contributed by atoms with Gasteiger partial charge >= 0.3 is 0 Å². The molecular weight excluding hydrogens is 1800 g/mol. The Labute approximate surface area is 848 Å². The molecule has 0 aliphatic rings. The first-order chi connectivity index (χ1) is 72.9. The van der Waals surface area contributed by atoms with Crippen molar-refractivity contribution in [2.45, 2.75) is 0 Å². The largest absolute Gasteiger partial charge is 0.454 e. The number of thiophene rings is 1. The third kappa shape index (κ3) is 13.4. The lowest BCUT2D eigenvalue weighted by molar-refractivity contribution is 0.666. The zero-order valence-corrected chi connectivity index (χ0v) is 80.5. The van der Waals surface area contributed by atoms with Crippen LogP contribution in [-0.4, -0.2) is 32.0 Å². The van der Waals surface area contributed by atoms with Crippen LogP contribution >= 0.6 is 11.3 Å². The highest BCUT2D eigenvalue weighted by atomic mass is 32.1. The maximum atomic E-state index is 6.49.